The van der Waals surface area contributed by atoms with Crippen LogP contribution in [0.2, 0.25) is 0 Å². The number of fused-ring (bicyclic) bond motifs is 1. The Kier molecular flexibility index (Phi) is 7.23. The van der Waals surface area contributed by atoms with Gasteiger partial charge in [0.25, 0.3) is 0 Å². The van der Waals surface area contributed by atoms with E-state index in [1.54, 1.807) is 35.2 Å². The zero-order valence-electron chi connectivity index (χ0n) is 18.9. The smallest absolute Gasteiger partial charge is 0.313 e. The van der Waals surface area contributed by atoms with Crippen molar-refractivity contribution in [1.82, 2.24) is 5.32 Å². The minimum absolute atomic E-state index is 0.0371. The molecular formula is C25H25N3O4S2. The Bertz CT molecular complexity index is 1230. The number of hydrogen-bond acceptors (Lipinski definition) is 6. The molecular weight excluding hydrogens is 470 g/mol. The summed E-state index contributed by atoms with van der Waals surface area (Å²) in [5.74, 6) is -1.70. The van der Waals surface area contributed by atoms with E-state index in [4.69, 9.17) is 0 Å². The molecule has 0 atom stereocenters. The first-order chi connectivity index (χ1) is 16.3. The van der Waals surface area contributed by atoms with Crippen molar-refractivity contribution in [2.75, 3.05) is 16.8 Å². The molecule has 0 saturated carbocycles. The summed E-state index contributed by atoms with van der Waals surface area (Å²) in [5, 5.41) is 7.07. The number of rotatable bonds is 6. The lowest BCUT2D eigenvalue weighted by atomic mass is 9.99. The third-order valence-electron chi connectivity index (χ3n) is 5.48. The van der Waals surface area contributed by atoms with E-state index in [2.05, 4.69) is 10.6 Å². The molecule has 3 amide bonds. The van der Waals surface area contributed by atoms with Crippen LogP contribution in [0.25, 0.3) is 0 Å². The number of benzene rings is 1. The van der Waals surface area contributed by atoms with Crippen molar-refractivity contribution < 1.29 is 19.2 Å². The fourth-order valence-corrected chi connectivity index (χ4v) is 5.40. The van der Waals surface area contributed by atoms with Gasteiger partial charge in [-0.2, -0.15) is 0 Å². The van der Waals surface area contributed by atoms with E-state index in [0.29, 0.717) is 22.0 Å². The molecule has 34 heavy (non-hydrogen) atoms. The third kappa shape index (κ3) is 5.26. The number of carbonyl (C=O) groups excluding carboxylic acids is 4. The fraction of sp³-hybridized carbons (Fsp3) is 0.280. The number of carbonyl (C=O) groups is 4. The van der Waals surface area contributed by atoms with Crippen molar-refractivity contribution in [3.8, 4) is 0 Å². The molecule has 1 aromatic carbocycles. The molecule has 3 aromatic rings. The van der Waals surface area contributed by atoms with Crippen molar-refractivity contribution >= 4 is 57.6 Å². The van der Waals surface area contributed by atoms with Gasteiger partial charge in [0.05, 0.1) is 16.3 Å². The molecule has 0 aliphatic carbocycles. The Hall–Kier alpha value is -3.30. The molecule has 9 heteroatoms. The summed E-state index contributed by atoms with van der Waals surface area (Å²) < 4.78 is 0. The highest BCUT2D eigenvalue weighted by Gasteiger charge is 2.25. The summed E-state index contributed by atoms with van der Waals surface area (Å²) in [5.41, 5.74) is 2.29. The van der Waals surface area contributed by atoms with Gasteiger partial charge in [0.15, 0.2) is 0 Å². The van der Waals surface area contributed by atoms with E-state index >= 15 is 0 Å². The van der Waals surface area contributed by atoms with Crippen LogP contribution in [0.5, 0.6) is 0 Å². The molecule has 0 bridgehead atoms. The summed E-state index contributed by atoms with van der Waals surface area (Å²) in [6.45, 7) is 4.51. The van der Waals surface area contributed by atoms with Crippen LogP contribution in [0.4, 0.5) is 11.4 Å². The Morgan fingerprint density at radius 1 is 1.03 bits per heavy atom. The van der Waals surface area contributed by atoms with Gasteiger partial charge < -0.3 is 15.5 Å². The predicted octanol–water partition coefficient (Wildman–Crippen LogP) is 4.23. The maximum absolute atomic E-state index is 12.6. The Morgan fingerprint density at radius 3 is 2.59 bits per heavy atom. The largest absolute Gasteiger partial charge is 0.343 e. The summed E-state index contributed by atoms with van der Waals surface area (Å²) in [6, 6.07) is 12.5. The fourth-order valence-electron chi connectivity index (χ4n) is 3.75. The number of nitrogens with one attached hydrogen (secondary N) is 2. The zero-order valence-corrected chi connectivity index (χ0v) is 20.6. The summed E-state index contributed by atoms with van der Waals surface area (Å²) in [4.78, 5) is 53.6. The van der Waals surface area contributed by atoms with E-state index in [-0.39, 0.29) is 24.2 Å². The molecule has 4 rings (SSSR count). The van der Waals surface area contributed by atoms with E-state index in [9.17, 15) is 19.2 Å². The third-order valence-corrected chi connectivity index (χ3v) is 7.43. The first-order valence-corrected chi connectivity index (χ1v) is 12.7. The van der Waals surface area contributed by atoms with Crippen LogP contribution in [0.1, 0.15) is 45.3 Å². The first kappa shape index (κ1) is 23.8. The van der Waals surface area contributed by atoms with Gasteiger partial charge in [-0.3, -0.25) is 19.2 Å². The van der Waals surface area contributed by atoms with Crippen LogP contribution in [0.3, 0.4) is 0 Å². The molecule has 0 unspecified atom stereocenters. The van der Waals surface area contributed by atoms with Crippen molar-refractivity contribution in [3.05, 3.63) is 68.0 Å². The predicted molar refractivity (Wildman–Crippen MR) is 135 cm³/mol. The van der Waals surface area contributed by atoms with E-state index in [1.165, 1.54) is 22.7 Å². The van der Waals surface area contributed by atoms with Gasteiger partial charge in [-0.05, 0) is 54.1 Å². The van der Waals surface area contributed by atoms with E-state index in [0.717, 1.165) is 29.0 Å². The van der Waals surface area contributed by atoms with Gasteiger partial charge in [0, 0.05) is 28.7 Å². The number of amides is 3. The van der Waals surface area contributed by atoms with Crippen LogP contribution in [0, 0.1) is 5.92 Å². The van der Waals surface area contributed by atoms with Gasteiger partial charge in [-0.15, -0.1) is 22.7 Å². The average Bonchev–Trinajstić information content (AvgIpc) is 3.53. The minimum Gasteiger partial charge on any atom is -0.343 e. The Morgan fingerprint density at radius 2 is 1.85 bits per heavy atom. The lowest BCUT2D eigenvalue weighted by Gasteiger charge is -2.31. The molecule has 2 N–H and O–H groups in total. The molecule has 1 aliphatic rings. The van der Waals surface area contributed by atoms with Crippen molar-refractivity contribution in [2.24, 2.45) is 5.92 Å². The maximum atomic E-state index is 12.6. The van der Waals surface area contributed by atoms with Crippen molar-refractivity contribution in [1.29, 1.82) is 0 Å². The minimum atomic E-state index is -0.788. The van der Waals surface area contributed by atoms with Gasteiger partial charge in [0.2, 0.25) is 11.7 Å². The first-order valence-electron chi connectivity index (χ1n) is 11.0. The van der Waals surface area contributed by atoms with E-state index < -0.39 is 11.8 Å². The quantitative estimate of drug-likeness (QED) is 0.395. The number of anilines is 2. The molecule has 0 saturated heterocycles. The molecule has 3 heterocycles. The van der Waals surface area contributed by atoms with Crippen molar-refractivity contribution in [2.45, 2.75) is 33.2 Å². The standard InChI is InChI=1S/C25H25N3O4S2/c1-15(2)25(32)28-11-3-5-16-7-8-17(13-19(16)28)27-24(31)23(30)26-14-18-9-10-21(34-18)22(29)20-6-4-12-33-20/h4,6-10,12-13,15H,3,5,11,14H2,1-2H3,(H,26,30)(H,27,31). The second kappa shape index (κ2) is 10.3. The molecule has 0 spiro atoms. The van der Waals surface area contributed by atoms with Gasteiger partial charge in [-0.25, -0.2) is 0 Å². The van der Waals surface area contributed by atoms with Crippen LogP contribution in [0.15, 0.2) is 47.8 Å². The summed E-state index contributed by atoms with van der Waals surface area (Å²) in [7, 11) is 0. The maximum Gasteiger partial charge on any atom is 0.313 e. The normalized spacial score (nSPS) is 12.9. The molecule has 0 radical (unpaired) electrons. The number of nitrogens with zero attached hydrogens (tertiary/aromatic N) is 1. The zero-order chi connectivity index (χ0) is 24.2. The second-order valence-electron chi connectivity index (χ2n) is 8.30. The molecule has 7 nitrogen and oxygen atoms in total. The topological polar surface area (TPSA) is 95.6 Å². The Labute approximate surface area is 205 Å². The van der Waals surface area contributed by atoms with Crippen molar-refractivity contribution in [3.63, 3.8) is 0 Å². The van der Waals surface area contributed by atoms with Crippen LogP contribution >= 0.6 is 22.7 Å². The second-order valence-corrected chi connectivity index (χ2v) is 10.4. The summed E-state index contributed by atoms with van der Waals surface area (Å²) in [6.07, 6.45) is 1.76. The van der Waals surface area contributed by atoms with Gasteiger partial charge >= 0.3 is 11.8 Å². The summed E-state index contributed by atoms with van der Waals surface area (Å²) >= 11 is 2.67. The number of thiophene rings is 2. The number of aryl methyl sites for hydroxylation is 1. The lowest BCUT2D eigenvalue weighted by Crippen LogP contribution is -2.38. The highest BCUT2D eigenvalue weighted by atomic mass is 32.1. The Balaban J connectivity index is 1.36. The van der Waals surface area contributed by atoms with Crippen LogP contribution in [-0.4, -0.2) is 30.0 Å². The van der Waals surface area contributed by atoms with Crippen LogP contribution < -0.4 is 15.5 Å². The average molecular weight is 496 g/mol. The lowest BCUT2D eigenvalue weighted by molar-refractivity contribution is -0.136. The SMILES string of the molecule is CC(C)C(=O)N1CCCc2ccc(NC(=O)C(=O)NCc3ccc(C(=O)c4cccs4)s3)cc21. The van der Waals surface area contributed by atoms with Gasteiger partial charge in [-0.1, -0.05) is 26.0 Å². The monoisotopic (exact) mass is 495 g/mol. The molecule has 176 valence electrons. The number of ketones is 1. The van der Waals surface area contributed by atoms with Crippen LogP contribution in [-0.2, 0) is 27.3 Å². The van der Waals surface area contributed by atoms with E-state index in [1.807, 2.05) is 31.4 Å². The van der Waals surface area contributed by atoms with Gasteiger partial charge in [0.1, 0.15) is 0 Å². The molecule has 2 aromatic heterocycles. The highest BCUT2D eigenvalue weighted by molar-refractivity contribution is 7.16. The molecule has 0 fully saturated rings. The highest BCUT2D eigenvalue weighted by Crippen LogP contribution is 2.31. The molecule has 1 aliphatic heterocycles. The number of hydrogen-bond donors (Lipinski definition) is 2.